The molecule has 0 aliphatic carbocycles. The van der Waals surface area contributed by atoms with Crippen molar-refractivity contribution in [3.05, 3.63) is 59.7 Å². The lowest BCUT2D eigenvalue weighted by Gasteiger charge is -2.22. The number of carboxylic acid groups (broad SMARTS) is 1. The van der Waals surface area contributed by atoms with Gasteiger partial charge in [0.1, 0.15) is 0 Å². The van der Waals surface area contributed by atoms with Crippen molar-refractivity contribution in [2.75, 3.05) is 26.2 Å². The zero-order valence-electron chi connectivity index (χ0n) is 15.9. The van der Waals surface area contributed by atoms with Gasteiger partial charge in [0.15, 0.2) is 0 Å². The fraction of sp³-hybridized carbons (Fsp3) is 0.364. The van der Waals surface area contributed by atoms with Crippen molar-refractivity contribution in [3.8, 4) is 11.1 Å². The summed E-state index contributed by atoms with van der Waals surface area (Å²) in [6.45, 7) is 2.75. The summed E-state index contributed by atoms with van der Waals surface area (Å²) in [6, 6.07) is 15.9. The Labute approximate surface area is 165 Å². The zero-order valence-corrected chi connectivity index (χ0v) is 15.9. The summed E-state index contributed by atoms with van der Waals surface area (Å²) in [6.07, 6.45) is 2.92. The van der Waals surface area contributed by atoms with Crippen LogP contribution in [0.15, 0.2) is 48.5 Å². The van der Waals surface area contributed by atoms with E-state index in [0.717, 1.165) is 49.2 Å². The van der Waals surface area contributed by atoms with Gasteiger partial charge in [-0.05, 0) is 67.1 Å². The quantitative estimate of drug-likeness (QED) is 0.573. The van der Waals surface area contributed by atoms with Gasteiger partial charge in [0.2, 0.25) is 0 Å². The average molecular weight is 384 g/mol. The van der Waals surface area contributed by atoms with Crippen LogP contribution in [0.2, 0.25) is 0 Å². The summed E-state index contributed by atoms with van der Waals surface area (Å²) in [5.74, 6) is 0.574. The first-order valence-corrected chi connectivity index (χ1v) is 9.55. The fourth-order valence-corrected chi connectivity index (χ4v) is 3.26. The molecular weight excluding hydrogens is 356 g/mol. The molecule has 0 bridgehead atoms. The minimum absolute atomic E-state index is 0.00252. The third kappa shape index (κ3) is 6.79. The molecule has 1 saturated heterocycles. The van der Waals surface area contributed by atoms with Gasteiger partial charge in [-0.3, -0.25) is 9.59 Å². The molecule has 6 nitrogen and oxygen atoms in total. The molecule has 1 heterocycles. The largest absolute Gasteiger partial charge is 0.483 e. The van der Waals surface area contributed by atoms with Crippen LogP contribution in [0.3, 0.4) is 0 Å². The van der Waals surface area contributed by atoms with Crippen molar-refractivity contribution in [1.82, 2.24) is 10.6 Å². The summed E-state index contributed by atoms with van der Waals surface area (Å²) in [5, 5.41) is 22.3. The molecule has 6 heteroatoms. The number of aliphatic hydroxyl groups is 1. The normalized spacial score (nSPS) is 13.9. The van der Waals surface area contributed by atoms with Crippen LogP contribution in [0.25, 0.3) is 11.1 Å². The van der Waals surface area contributed by atoms with Gasteiger partial charge in [0.25, 0.3) is 12.4 Å². The highest BCUT2D eigenvalue weighted by Gasteiger charge is 2.14. The topological polar surface area (TPSA) is 98.7 Å². The van der Waals surface area contributed by atoms with Crippen molar-refractivity contribution in [3.63, 3.8) is 0 Å². The van der Waals surface area contributed by atoms with Gasteiger partial charge >= 0.3 is 0 Å². The third-order valence-electron chi connectivity index (χ3n) is 4.82. The molecular formula is C22H28N2O4. The Morgan fingerprint density at radius 2 is 1.79 bits per heavy atom. The molecule has 0 spiro atoms. The second-order valence-electron chi connectivity index (χ2n) is 6.76. The maximum atomic E-state index is 12.5. The van der Waals surface area contributed by atoms with E-state index in [1.54, 1.807) is 0 Å². The second kappa shape index (κ2) is 11.9. The maximum absolute atomic E-state index is 12.5. The second-order valence-corrected chi connectivity index (χ2v) is 6.76. The van der Waals surface area contributed by atoms with Crippen LogP contribution in [0.4, 0.5) is 0 Å². The number of benzene rings is 2. The van der Waals surface area contributed by atoms with Crippen molar-refractivity contribution in [2.24, 2.45) is 5.92 Å². The lowest BCUT2D eigenvalue weighted by Crippen LogP contribution is -2.35. The summed E-state index contributed by atoms with van der Waals surface area (Å²) < 4.78 is 0. The van der Waals surface area contributed by atoms with E-state index in [1.165, 1.54) is 0 Å². The molecule has 150 valence electrons. The summed E-state index contributed by atoms with van der Waals surface area (Å²) >= 11 is 0. The lowest BCUT2D eigenvalue weighted by molar-refractivity contribution is -0.122. The van der Waals surface area contributed by atoms with Crippen LogP contribution in [0.1, 0.15) is 28.8 Å². The van der Waals surface area contributed by atoms with Crippen LogP contribution in [0, 0.1) is 5.92 Å². The van der Waals surface area contributed by atoms with Gasteiger partial charge in [0, 0.05) is 18.7 Å². The molecule has 3 rings (SSSR count). The predicted octanol–water partition coefficient (Wildman–Crippen LogP) is 2.32. The highest BCUT2D eigenvalue weighted by atomic mass is 16.3. The average Bonchev–Trinajstić information content (AvgIpc) is 2.74. The van der Waals surface area contributed by atoms with E-state index in [9.17, 15) is 4.79 Å². The Bertz CT molecular complexity index is 740. The Hall–Kier alpha value is -2.70. The van der Waals surface area contributed by atoms with E-state index in [-0.39, 0.29) is 19.0 Å². The molecule has 0 saturated carbocycles. The van der Waals surface area contributed by atoms with Gasteiger partial charge < -0.3 is 20.8 Å². The number of nitrogens with one attached hydrogen (secondary N) is 2. The maximum Gasteiger partial charge on any atom is 0.290 e. The molecule has 0 aromatic heterocycles. The molecule has 4 N–H and O–H groups in total. The van der Waals surface area contributed by atoms with Crippen LogP contribution < -0.4 is 10.6 Å². The number of carbonyl (C=O) groups excluding carboxylic acids is 1. The summed E-state index contributed by atoms with van der Waals surface area (Å²) in [4.78, 5) is 20.8. The monoisotopic (exact) mass is 384 g/mol. The Morgan fingerprint density at radius 1 is 1.11 bits per heavy atom. The number of piperidine rings is 1. The SMILES string of the molecule is O=C(NCC1CCNCC1)c1cccc(-c2ccc(CCO)cc2)c1.O=CO. The van der Waals surface area contributed by atoms with E-state index in [1.807, 2.05) is 48.5 Å². The highest BCUT2D eigenvalue weighted by Crippen LogP contribution is 2.21. The van der Waals surface area contributed by atoms with Crippen LogP contribution in [0.5, 0.6) is 0 Å². The van der Waals surface area contributed by atoms with Gasteiger partial charge in [-0.15, -0.1) is 0 Å². The van der Waals surface area contributed by atoms with E-state index < -0.39 is 0 Å². The standard InChI is InChI=1S/C21H26N2O2.CH2O2/c24-13-10-16-4-6-18(7-5-16)19-2-1-3-20(14-19)21(25)23-15-17-8-11-22-12-9-17;2-1-3/h1-7,14,17,22,24H,8-13,15H2,(H,23,25);1H,(H,2,3). The zero-order chi connectivity index (χ0) is 20.2. The molecule has 28 heavy (non-hydrogen) atoms. The molecule has 1 amide bonds. The molecule has 2 aromatic rings. The van der Waals surface area contributed by atoms with Crippen LogP contribution in [-0.2, 0) is 11.2 Å². The van der Waals surface area contributed by atoms with E-state index in [0.29, 0.717) is 17.9 Å². The number of carbonyl (C=O) groups is 2. The van der Waals surface area contributed by atoms with Crippen molar-refractivity contribution in [1.29, 1.82) is 0 Å². The van der Waals surface area contributed by atoms with Gasteiger partial charge in [0.05, 0.1) is 0 Å². The van der Waals surface area contributed by atoms with Crippen molar-refractivity contribution in [2.45, 2.75) is 19.3 Å². The van der Waals surface area contributed by atoms with Gasteiger partial charge in [-0.1, -0.05) is 36.4 Å². The molecule has 1 aliphatic heterocycles. The Morgan fingerprint density at radius 3 is 2.43 bits per heavy atom. The molecule has 0 unspecified atom stereocenters. The molecule has 1 aliphatic rings. The smallest absolute Gasteiger partial charge is 0.290 e. The number of hydrogen-bond donors (Lipinski definition) is 4. The van der Waals surface area contributed by atoms with Crippen molar-refractivity contribution < 1.29 is 19.8 Å². The van der Waals surface area contributed by atoms with Crippen LogP contribution in [-0.4, -0.2) is 48.8 Å². The first kappa shape index (κ1) is 21.6. The summed E-state index contributed by atoms with van der Waals surface area (Å²) in [7, 11) is 0. The van der Waals surface area contributed by atoms with Crippen molar-refractivity contribution >= 4 is 12.4 Å². The molecule has 2 aromatic carbocycles. The van der Waals surface area contributed by atoms with Gasteiger partial charge in [-0.25, -0.2) is 0 Å². The first-order valence-electron chi connectivity index (χ1n) is 9.55. The Balaban J connectivity index is 0.000000878. The lowest BCUT2D eigenvalue weighted by atomic mass is 9.98. The minimum atomic E-state index is -0.250. The van der Waals surface area contributed by atoms with Gasteiger partial charge in [-0.2, -0.15) is 0 Å². The minimum Gasteiger partial charge on any atom is -0.483 e. The number of amides is 1. The fourth-order valence-electron chi connectivity index (χ4n) is 3.26. The van der Waals surface area contributed by atoms with E-state index in [4.69, 9.17) is 15.0 Å². The summed E-state index contributed by atoms with van der Waals surface area (Å²) in [5.41, 5.74) is 3.92. The highest BCUT2D eigenvalue weighted by molar-refractivity contribution is 5.95. The molecule has 1 fully saturated rings. The number of rotatable bonds is 6. The third-order valence-corrected chi connectivity index (χ3v) is 4.82. The van der Waals surface area contributed by atoms with E-state index in [2.05, 4.69) is 10.6 Å². The number of aliphatic hydroxyl groups excluding tert-OH is 1. The molecule has 0 radical (unpaired) electrons. The van der Waals surface area contributed by atoms with E-state index >= 15 is 0 Å². The predicted molar refractivity (Wildman–Crippen MR) is 109 cm³/mol. The van der Waals surface area contributed by atoms with Crippen LogP contribution >= 0.6 is 0 Å². The molecule has 0 atom stereocenters. The Kier molecular flexibility index (Phi) is 9.18. The number of hydrogen-bond acceptors (Lipinski definition) is 4. The first-order chi connectivity index (χ1) is 13.7.